The topological polar surface area (TPSA) is 31.4 Å². The summed E-state index contributed by atoms with van der Waals surface area (Å²) in [5, 5.41) is 0. The molecule has 1 heterocycles. The fraction of sp³-hybridized carbons (Fsp3) is 0.267. The third-order valence-electron chi connectivity index (χ3n) is 2.76. The van der Waals surface area contributed by atoms with Crippen molar-refractivity contribution in [2.75, 3.05) is 13.7 Å². The second kappa shape index (κ2) is 7.00. The zero-order chi connectivity index (χ0) is 13.5. The van der Waals surface area contributed by atoms with Gasteiger partial charge in [0.2, 0.25) is 0 Å². The lowest BCUT2D eigenvalue weighted by molar-refractivity contribution is 0.294. The smallest absolute Gasteiger partial charge is 0.165 e. The van der Waals surface area contributed by atoms with Crippen LogP contribution in [0.5, 0.6) is 11.5 Å². The zero-order valence-corrected chi connectivity index (χ0v) is 11.6. The van der Waals surface area contributed by atoms with Crippen LogP contribution in [0.15, 0.2) is 42.6 Å². The van der Waals surface area contributed by atoms with Crippen molar-refractivity contribution in [3.05, 3.63) is 53.9 Å². The van der Waals surface area contributed by atoms with Crippen LogP contribution in [0.25, 0.3) is 0 Å². The molecule has 0 spiro atoms. The molecular formula is C15H16ClNO2. The number of pyridine rings is 1. The van der Waals surface area contributed by atoms with Crippen molar-refractivity contribution in [3.63, 3.8) is 0 Å². The summed E-state index contributed by atoms with van der Waals surface area (Å²) in [7, 11) is 1.62. The van der Waals surface area contributed by atoms with Crippen LogP contribution in [0.1, 0.15) is 11.3 Å². The Bertz CT molecular complexity index is 495. The van der Waals surface area contributed by atoms with Crippen molar-refractivity contribution in [3.8, 4) is 11.5 Å². The van der Waals surface area contributed by atoms with Crippen molar-refractivity contribution in [1.82, 2.24) is 4.98 Å². The lowest BCUT2D eigenvalue weighted by Gasteiger charge is -2.13. The number of hydrogen-bond donors (Lipinski definition) is 0. The van der Waals surface area contributed by atoms with Gasteiger partial charge in [0.15, 0.2) is 11.5 Å². The summed E-state index contributed by atoms with van der Waals surface area (Å²) in [4.78, 5) is 4.26. The molecule has 4 heteroatoms. The van der Waals surface area contributed by atoms with Crippen LogP contribution in [0.2, 0.25) is 0 Å². The van der Waals surface area contributed by atoms with Gasteiger partial charge in [0, 0.05) is 23.9 Å². The van der Waals surface area contributed by atoms with Crippen LogP contribution in [0, 0.1) is 0 Å². The van der Waals surface area contributed by atoms with Crippen LogP contribution in [-0.2, 0) is 12.3 Å². The molecule has 0 N–H and O–H groups in total. The van der Waals surface area contributed by atoms with Gasteiger partial charge in [0.25, 0.3) is 0 Å². The minimum Gasteiger partial charge on any atom is -0.493 e. The molecule has 19 heavy (non-hydrogen) atoms. The highest BCUT2D eigenvalue weighted by atomic mass is 35.5. The Morgan fingerprint density at radius 3 is 2.74 bits per heavy atom. The molecule has 0 amide bonds. The van der Waals surface area contributed by atoms with Gasteiger partial charge >= 0.3 is 0 Å². The summed E-state index contributed by atoms with van der Waals surface area (Å²) >= 11 is 5.91. The van der Waals surface area contributed by atoms with E-state index in [0.29, 0.717) is 18.2 Å². The molecule has 0 unspecified atom stereocenters. The summed E-state index contributed by atoms with van der Waals surface area (Å²) in [5.41, 5.74) is 1.94. The van der Waals surface area contributed by atoms with E-state index in [0.717, 1.165) is 23.4 Å². The molecule has 2 aromatic rings. The van der Waals surface area contributed by atoms with E-state index in [1.165, 1.54) is 0 Å². The number of rotatable bonds is 6. The maximum Gasteiger partial charge on any atom is 0.165 e. The van der Waals surface area contributed by atoms with Crippen LogP contribution in [-0.4, -0.2) is 18.7 Å². The van der Waals surface area contributed by atoms with Crippen molar-refractivity contribution in [2.45, 2.75) is 12.3 Å². The molecule has 0 fully saturated rings. The van der Waals surface area contributed by atoms with Crippen LogP contribution in [0.4, 0.5) is 0 Å². The van der Waals surface area contributed by atoms with Gasteiger partial charge in [0.1, 0.15) is 0 Å². The summed E-state index contributed by atoms with van der Waals surface area (Å²) in [5.74, 6) is 1.82. The number of nitrogens with zero attached hydrogens (tertiary/aromatic N) is 1. The van der Waals surface area contributed by atoms with E-state index in [1.54, 1.807) is 13.3 Å². The van der Waals surface area contributed by atoms with E-state index in [1.807, 2.05) is 36.4 Å². The third-order valence-corrected chi connectivity index (χ3v) is 3.04. The number of ether oxygens (including phenoxy) is 2. The minimum absolute atomic E-state index is 0.399. The summed E-state index contributed by atoms with van der Waals surface area (Å²) in [6.07, 6.45) is 2.53. The average Bonchev–Trinajstić information content (AvgIpc) is 2.48. The highest BCUT2D eigenvalue weighted by molar-refractivity contribution is 6.17. The predicted molar refractivity (Wildman–Crippen MR) is 76.0 cm³/mol. The first-order chi connectivity index (χ1) is 9.35. The van der Waals surface area contributed by atoms with Gasteiger partial charge in [-0.2, -0.15) is 0 Å². The molecule has 0 saturated carbocycles. The standard InChI is InChI=1S/C15H16ClNO2/c1-18-14-7-4-5-12(11-16)15(14)19-10-8-13-6-2-3-9-17-13/h2-7,9H,8,10-11H2,1H3. The zero-order valence-electron chi connectivity index (χ0n) is 10.8. The van der Waals surface area contributed by atoms with Gasteiger partial charge in [-0.15, -0.1) is 11.6 Å². The molecule has 0 aliphatic rings. The molecule has 0 radical (unpaired) electrons. The largest absolute Gasteiger partial charge is 0.493 e. The molecule has 2 rings (SSSR count). The van der Waals surface area contributed by atoms with Gasteiger partial charge in [-0.05, 0) is 18.2 Å². The molecule has 1 aromatic heterocycles. The van der Waals surface area contributed by atoms with Crippen molar-refractivity contribution in [1.29, 1.82) is 0 Å². The quantitative estimate of drug-likeness (QED) is 0.758. The van der Waals surface area contributed by atoms with Crippen LogP contribution in [0.3, 0.4) is 0 Å². The molecular weight excluding hydrogens is 262 g/mol. The molecule has 0 saturated heterocycles. The highest BCUT2D eigenvalue weighted by Crippen LogP contribution is 2.32. The van der Waals surface area contributed by atoms with Crippen LogP contribution < -0.4 is 9.47 Å². The monoisotopic (exact) mass is 277 g/mol. The number of methoxy groups -OCH3 is 1. The summed E-state index contributed by atoms with van der Waals surface area (Å²) in [6, 6.07) is 11.6. The third kappa shape index (κ3) is 3.61. The Labute approximate surface area is 118 Å². The second-order valence-electron chi connectivity index (χ2n) is 4.00. The highest BCUT2D eigenvalue weighted by Gasteiger charge is 2.09. The Morgan fingerprint density at radius 1 is 1.16 bits per heavy atom. The Hall–Kier alpha value is -1.74. The molecule has 0 aliphatic heterocycles. The maximum absolute atomic E-state index is 5.91. The average molecular weight is 278 g/mol. The summed E-state index contributed by atoms with van der Waals surface area (Å²) in [6.45, 7) is 0.543. The van der Waals surface area contributed by atoms with E-state index in [4.69, 9.17) is 21.1 Å². The number of aromatic nitrogens is 1. The van der Waals surface area contributed by atoms with Crippen molar-refractivity contribution in [2.24, 2.45) is 0 Å². The van der Waals surface area contributed by atoms with Gasteiger partial charge in [-0.25, -0.2) is 0 Å². The SMILES string of the molecule is COc1cccc(CCl)c1OCCc1ccccn1. The summed E-state index contributed by atoms with van der Waals surface area (Å²) < 4.78 is 11.1. The van der Waals surface area contributed by atoms with Crippen molar-refractivity contribution >= 4 is 11.6 Å². The van der Waals surface area contributed by atoms with Gasteiger partial charge in [-0.1, -0.05) is 18.2 Å². The first kappa shape index (κ1) is 13.7. The number of benzene rings is 1. The number of para-hydroxylation sites is 1. The fourth-order valence-corrected chi connectivity index (χ4v) is 2.01. The first-order valence-corrected chi connectivity index (χ1v) is 6.63. The lowest BCUT2D eigenvalue weighted by Crippen LogP contribution is -2.05. The first-order valence-electron chi connectivity index (χ1n) is 6.09. The van der Waals surface area contributed by atoms with Gasteiger partial charge in [-0.3, -0.25) is 4.98 Å². The Morgan fingerprint density at radius 2 is 2.05 bits per heavy atom. The van der Waals surface area contributed by atoms with Crippen molar-refractivity contribution < 1.29 is 9.47 Å². The van der Waals surface area contributed by atoms with E-state index >= 15 is 0 Å². The van der Waals surface area contributed by atoms with E-state index in [2.05, 4.69) is 4.98 Å². The normalized spacial score (nSPS) is 10.2. The predicted octanol–water partition coefficient (Wildman–Crippen LogP) is 3.45. The molecule has 0 bridgehead atoms. The minimum atomic E-state index is 0.399. The number of halogens is 1. The van der Waals surface area contributed by atoms with Gasteiger partial charge < -0.3 is 9.47 Å². The number of alkyl halides is 1. The number of hydrogen-bond acceptors (Lipinski definition) is 3. The second-order valence-corrected chi connectivity index (χ2v) is 4.27. The van der Waals surface area contributed by atoms with E-state index in [9.17, 15) is 0 Å². The Balaban J connectivity index is 2.02. The molecule has 3 nitrogen and oxygen atoms in total. The van der Waals surface area contributed by atoms with Gasteiger partial charge in [0.05, 0.1) is 19.6 Å². The fourth-order valence-electron chi connectivity index (χ4n) is 1.79. The molecule has 0 aliphatic carbocycles. The van der Waals surface area contributed by atoms with E-state index in [-0.39, 0.29) is 0 Å². The van der Waals surface area contributed by atoms with E-state index < -0.39 is 0 Å². The molecule has 100 valence electrons. The molecule has 1 aromatic carbocycles. The van der Waals surface area contributed by atoms with Crippen LogP contribution >= 0.6 is 11.6 Å². The Kier molecular flexibility index (Phi) is 5.04. The molecule has 0 atom stereocenters. The maximum atomic E-state index is 5.91. The lowest BCUT2D eigenvalue weighted by atomic mass is 10.2.